The van der Waals surface area contributed by atoms with E-state index in [1.165, 1.54) is 55.2 Å². The van der Waals surface area contributed by atoms with Gasteiger partial charge < -0.3 is 5.32 Å². The number of thioether (sulfide) groups is 1. The van der Waals surface area contributed by atoms with Crippen LogP contribution < -0.4 is 10.6 Å². The molecule has 2 aliphatic carbocycles. The highest BCUT2D eigenvalue weighted by Gasteiger charge is 2.42. The van der Waals surface area contributed by atoms with Gasteiger partial charge in [0, 0.05) is 17.4 Å². The van der Waals surface area contributed by atoms with E-state index in [0.717, 1.165) is 41.0 Å². The average Bonchev–Trinajstić information content (AvgIpc) is 3.56. The van der Waals surface area contributed by atoms with Crippen molar-refractivity contribution in [1.82, 2.24) is 15.5 Å². The summed E-state index contributed by atoms with van der Waals surface area (Å²) in [6.45, 7) is 4.32. The van der Waals surface area contributed by atoms with Crippen molar-refractivity contribution in [3.05, 3.63) is 34.8 Å². The number of hydrogen-bond acceptors (Lipinski definition) is 6. The summed E-state index contributed by atoms with van der Waals surface area (Å²) in [5.74, 6) is 2.40. The largest absolute Gasteiger partial charge is 0.353 e. The summed E-state index contributed by atoms with van der Waals surface area (Å²) in [6, 6.07) is 7.63. The van der Waals surface area contributed by atoms with Gasteiger partial charge in [-0.25, -0.2) is 0 Å². The van der Waals surface area contributed by atoms with Gasteiger partial charge in [0.2, 0.25) is 11.0 Å². The summed E-state index contributed by atoms with van der Waals surface area (Å²) < 4.78 is 0. The predicted molar refractivity (Wildman–Crippen MR) is 135 cm³/mol. The van der Waals surface area contributed by atoms with Crippen molar-refractivity contribution in [2.45, 2.75) is 76.2 Å². The molecule has 2 bridgehead atoms. The van der Waals surface area contributed by atoms with E-state index < -0.39 is 0 Å². The van der Waals surface area contributed by atoms with E-state index in [4.69, 9.17) is 0 Å². The summed E-state index contributed by atoms with van der Waals surface area (Å²) in [5.41, 5.74) is 0.555. The minimum absolute atomic E-state index is 0.0336. The molecule has 0 radical (unpaired) electrons. The van der Waals surface area contributed by atoms with Crippen molar-refractivity contribution in [2.24, 2.45) is 17.8 Å². The fraction of sp³-hybridized carbons (Fsp3) is 0.600. The van der Waals surface area contributed by atoms with Crippen molar-refractivity contribution < 1.29 is 9.59 Å². The number of aryl methyl sites for hydroxylation is 1. The molecule has 0 saturated heterocycles. The van der Waals surface area contributed by atoms with Gasteiger partial charge in [0.15, 0.2) is 0 Å². The fourth-order valence-electron chi connectivity index (χ4n) is 5.33. The van der Waals surface area contributed by atoms with Crippen molar-refractivity contribution in [2.75, 3.05) is 11.1 Å². The first-order chi connectivity index (χ1) is 16.0. The number of nitrogens with zero attached hydrogens (tertiary/aromatic N) is 2. The number of carbonyl (C=O) groups is 2. The van der Waals surface area contributed by atoms with Crippen LogP contribution in [0.15, 0.2) is 29.2 Å². The SMILES string of the molecule is CCCCCc1nnc(NC(=O)c2ccccc2SCC(=O)N[C@H](C)[C@H]2C[C@H]3CC[C@H]2C3)s1. The van der Waals surface area contributed by atoms with Gasteiger partial charge in [-0.1, -0.05) is 49.7 Å². The minimum atomic E-state index is -0.217. The lowest BCUT2D eigenvalue weighted by Crippen LogP contribution is -2.40. The Hall–Kier alpha value is -1.93. The summed E-state index contributed by atoms with van der Waals surface area (Å²) in [4.78, 5) is 26.3. The van der Waals surface area contributed by atoms with Crippen LogP contribution >= 0.6 is 23.1 Å². The van der Waals surface area contributed by atoms with Gasteiger partial charge in [0.05, 0.1) is 11.3 Å². The maximum absolute atomic E-state index is 12.9. The van der Waals surface area contributed by atoms with Gasteiger partial charge in [-0.3, -0.25) is 14.9 Å². The Morgan fingerprint density at radius 2 is 2.03 bits per heavy atom. The Morgan fingerprint density at radius 1 is 1.18 bits per heavy atom. The maximum atomic E-state index is 12.9. The fourth-order valence-corrected chi connectivity index (χ4v) is 6.97. The van der Waals surface area contributed by atoms with Gasteiger partial charge in [0.1, 0.15) is 5.01 Å². The molecule has 2 N–H and O–H groups in total. The molecule has 2 aromatic rings. The second kappa shape index (κ2) is 11.5. The summed E-state index contributed by atoms with van der Waals surface area (Å²) in [6.07, 6.45) is 9.60. The third-order valence-corrected chi connectivity index (χ3v) is 8.97. The highest BCUT2D eigenvalue weighted by atomic mass is 32.2. The molecule has 4 rings (SSSR count). The van der Waals surface area contributed by atoms with Crippen molar-refractivity contribution >= 4 is 40.0 Å². The van der Waals surface area contributed by atoms with Gasteiger partial charge in [-0.15, -0.1) is 22.0 Å². The number of unbranched alkanes of at least 4 members (excludes halogenated alkanes) is 2. The van der Waals surface area contributed by atoms with E-state index in [2.05, 4.69) is 34.7 Å². The zero-order chi connectivity index (χ0) is 23.2. The first-order valence-electron chi connectivity index (χ1n) is 12.2. The summed E-state index contributed by atoms with van der Waals surface area (Å²) >= 11 is 2.84. The second-order valence-corrected chi connectivity index (χ2v) is 11.5. The third-order valence-electron chi connectivity index (χ3n) is 7.00. The molecule has 4 atom stereocenters. The van der Waals surface area contributed by atoms with Gasteiger partial charge >= 0.3 is 0 Å². The number of amides is 2. The van der Waals surface area contributed by atoms with Crippen molar-refractivity contribution in [1.29, 1.82) is 0 Å². The lowest BCUT2D eigenvalue weighted by molar-refractivity contribution is -0.119. The van der Waals surface area contributed by atoms with E-state index in [1.54, 1.807) is 6.07 Å². The highest BCUT2D eigenvalue weighted by molar-refractivity contribution is 8.00. The highest BCUT2D eigenvalue weighted by Crippen LogP contribution is 2.49. The van der Waals surface area contributed by atoms with E-state index >= 15 is 0 Å². The van der Waals surface area contributed by atoms with E-state index in [1.807, 2.05) is 18.2 Å². The number of benzene rings is 1. The van der Waals surface area contributed by atoms with Crippen LogP contribution in [-0.2, 0) is 11.2 Å². The average molecular weight is 487 g/mol. The van der Waals surface area contributed by atoms with Crippen LogP contribution in [0.2, 0.25) is 0 Å². The molecule has 1 aromatic heterocycles. The predicted octanol–water partition coefficient (Wildman–Crippen LogP) is 5.56. The molecule has 178 valence electrons. The Bertz CT molecular complexity index is 963. The molecule has 1 heterocycles. The molecule has 0 spiro atoms. The van der Waals surface area contributed by atoms with E-state index in [9.17, 15) is 9.59 Å². The van der Waals surface area contributed by atoms with Crippen molar-refractivity contribution in [3.63, 3.8) is 0 Å². The maximum Gasteiger partial charge on any atom is 0.258 e. The number of aromatic nitrogens is 2. The number of carbonyl (C=O) groups excluding carboxylic acids is 2. The monoisotopic (exact) mass is 486 g/mol. The standard InChI is InChI=1S/C25H34N4O2S2/c1-3-4-5-10-23-28-29-25(33-23)27-24(31)19-8-6-7-9-21(19)32-15-22(30)26-16(2)20-14-17-11-12-18(20)13-17/h6-9,16-18,20H,3-5,10-15H2,1-2H3,(H,26,30)(H,27,29,31)/t16-,17+,18+,20-/m1/s1. The second-order valence-electron chi connectivity index (χ2n) is 9.39. The molecular weight excluding hydrogens is 452 g/mol. The molecule has 0 unspecified atom stereocenters. The molecular formula is C25H34N4O2S2. The van der Waals surface area contributed by atoms with Gasteiger partial charge in [-0.05, 0) is 62.5 Å². The smallest absolute Gasteiger partial charge is 0.258 e. The zero-order valence-electron chi connectivity index (χ0n) is 19.5. The van der Waals surface area contributed by atoms with Crippen LogP contribution in [-0.4, -0.2) is 33.8 Å². The van der Waals surface area contributed by atoms with Crippen LogP contribution in [0.4, 0.5) is 5.13 Å². The Balaban J connectivity index is 1.29. The number of anilines is 1. The molecule has 2 fully saturated rings. The molecule has 6 nitrogen and oxygen atoms in total. The summed E-state index contributed by atoms with van der Waals surface area (Å²) in [7, 11) is 0. The van der Waals surface area contributed by atoms with Crippen LogP contribution in [0.5, 0.6) is 0 Å². The minimum Gasteiger partial charge on any atom is -0.353 e. The van der Waals surface area contributed by atoms with Crippen molar-refractivity contribution in [3.8, 4) is 0 Å². The van der Waals surface area contributed by atoms with Crippen LogP contribution in [0, 0.1) is 17.8 Å². The number of rotatable bonds is 11. The first kappa shape index (κ1) is 24.2. The summed E-state index contributed by atoms with van der Waals surface area (Å²) in [5, 5.41) is 15.9. The molecule has 2 saturated carbocycles. The third kappa shape index (κ3) is 6.35. The molecule has 8 heteroatoms. The molecule has 2 aliphatic rings. The normalized spacial score (nSPS) is 22.3. The quantitative estimate of drug-likeness (QED) is 0.321. The van der Waals surface area contributed by atoms with E-state index in [-0.39, 0.29) is 17.9 Å². The molecule has 2 amide bonds. The number of fused-ring (bicyclic) bond motifs is 2. The van der Waals surface area contributed by atoms with Crippen LogP contribution in [0.3, 0.4) is 0 Å². The lowest BCUT2D eigenvalue weighted by Gasteiger charge is -2.28. The molecule has 0 aliphatic heterocycles. The van der Waals surface area contributed by atoms with Gasteiger partial charge in [0.25, 0.3) is 5.91 Å². The Labute approximate surface area is 204 Å². The number of hydrogen-bond donors (Lipinski definition) is 2. The van der Waals surface area contributed by atoms with Gasteiger partial charge in [-0.2, -0.15) is 0 Å². The van der Waals surface area contributed by atoms with Crippen LogP contribution in [0.1, 0.15) is 74.2 Å². The van der Waals surface area contributed by atoms with E-state index in [0.29, 0.717) is 22.4 Å². The Kier molecular flexibility index (Phi) is 8.41. The molecule has 1 aromatic carbocycles. The topological polar surface area (TPSA) is 84.0 Å². The number of nitrogens with one attached hydrogen (secondary N) is 2. The molecule has 33 heavy (non-hydrogen) atoms. The Morgan fingerprint density at radius 3 is 2.79 bits per heavy atom. The first-order valence-corrected chi connectivity index (χ1v) is 14.0. The zero-order valence-corrected chi connectivity index (χ0v) is 21.1. The van der Waals surface area contributed by atoms with Crippen LogP contribution in [0.25, 0.3) is 0 Å². The lowest BCUT2D eigenvalue weighted by atomic mass is 9.84.